The summed E-state index contributed by atoms with van der Waals surface area (Å²) < 4.78 is 2.23. The van der Waals surface area contributed by atoms with Crippen molar-refractivity contribution in [3.63, 3.8) is 0 Å². The van der Waals surface area contributed by atoms with Gasteiger partial charge in [-0.15, -0.1) is 0 Å². The van der Waals surface area contributed by atoms with Gasteiger partial charge in [0, 0.05) is 67.7 Å². The van der Waals surface area contributed by atoms with Gasteiger partial charge in [0.25, 0.3) is 5.91 Å². The van der Waals surface area contributed by atoms with Crippen LogP contribution in [0.3, 0.4) is 0 Å². The number of aryl methyl sites for hydroxylation is 1. The Hall–Kier alpha value is -4.77. The van der Waals surface area contributed by atoms with Gasteiger partial charge in [-0.3, -0.25) is 14.4 Å². The third-order valence-electron chi connectivity index (χ3n) is 13.0. The number of likely N-dealkylation sites (tertiary alicyclic amines) is 2. The molecule has 0 bridgehead atoms. The minimum Gasteiger partial charge on any atom is -0.355 e. The molecule has 4 aromatic rings. The van der Waals surface area contributed by atoms with Crippen molar-refractivity contribution in [3.8, 4) is 11.3 Å². The third kappa shape index (κ3) is 5.70. The molecule has 53 heavy (non-hydrogen) atoms. The number of imidazole rings is 1. The van der Waals surface area contributed by atoms with Crippen molar-refractivity contribution < 1.29 is 14.4 Å². The van der Waals surface area contributed by atoms with E-state index in [9.17, 15) is 14.4 Å². The van der Waals surface area contributed by atoms with Gasteiger partial charge < -0.3 is 29.9 Å². The van der Waals surface area contributed by atoms with E-state index in [-0.39, 0.29) is 23.8 Å². The number of anilines is 3. The van der Waals surface area contributed by atoms with E-state index < -0.39 is 5.41 Å². The van der Waals surface area contributed by atoms with Crippen molar-refractivity contribution in [1.82, 2.24) is 29.7 Å². The van der Waals surface area contributed by atoms with Crippen LogP contribution in [0.1, 0.15) is 97.8 Å². The maximum atomic E-state index is 14.8. The molecular weight excluding hydrogens is 665 g/mol. The second-order valence-electron chi connectivity index (χ2n) is 16.1. The topological polar surface area (TPSA) is 116 Å². The number of nitrogens with zero attached hydrogens (tertiary/aromatic N) is 6. The molecule has 9 rings (SSSR count). The summed E-state index contributed by atoms with van der Waals surface area (Å²) in [5.41, 5.74) is 8.36. The van der Waals surface area contributed by atoms with Gasteiger partial charge in [0.05, 0.1) is 23.0 Å². The number of nitrogens with one attached hydrogen (secondary N) is 2. The zero-order valence-electron chi connectivity index (χ0n) is 31.4. The Morgan fingerprint density at radius 1 is 0.906 bits per heavy atom. The highest BCUT2D eigenvalue weighted by Crippen LogP contribution is 2.52. The molecular formula is C42H50N8O3. The van der Waals surface area contributed by atoms with Gasteiger partial charge in [-0.25, -0.2) is 9.97 Å². The number of piperidine rings is 2. The standard InChI is InChI=1S/C42H50N8O3/c1-25-18-29(20-33(26(25)2)40(52)43-4)45-39-38-36(44-24-49(38)30-9-10-30)23-35(46-39)28-8-11-34-37(19-28)50(32-21-31(22-32)48-14-6-5-7-15-48)41(53)42(34)12-16-47(17-13-42)27(3)51/h8,11,18-20,23-24,30-32H,5-7,9-10,12-17,21-22H2,1-4H3,(H,43,52)(H,45,46)/t31-,32+. The summed E-state index contributed by atoms with van der Waals surface area (Å²) in [7, 11) is 1.65. The van der Waals surface area contributed by atoms with Crippen molar-refractivity contribution in [3.05, 3.63) is 65.0 Å². The molecule has 2 aromatic carbocycles. The van der Waals surface area contributed by atoms with Gasteiger partial charge in [-0.05, 0) is 119 Å². The summed E-state index contributed by atoms with van der Waals surface area (Å²) in [6, 6.07) is 13.6. The maximum Gasteiger partial charge on any atom is 0.251 e. The Morgan fingerprint density at radius 3 is 2.36 bits per heavy atom. The van der Waals surface area contributed by atoms with E-state index in [1.54, 1.807) is 14.0 Å². The maximum absolute atomic E-state index is 14.8. The van der Waals surface area contributed by atoms with Crippen molar-refractivity contribution in [1.29, 1.82) is 0 Å². The van der Waals surface area contributed by atoms with Crippen LogP contribution in [0.2, 0.25) is 0 Å². The molecule has 2 aromatic heterocycles. The minimum atomic E-state index is -0.616. The molecule has 1 spiro atoms. The molecule has 276 valence electrons. The Kier molecular flexibility index (Phi) is 8.32. The van der Waals surface area contributed by atoms with E-state index in [0.717, 1.165) is 89.1 Å². The van der Waals surface area contributed by atoms with E-state index in [1.807, 2.05) is 31.1 Å². The van der Waals surface area contributed by atoms with Crippen LogP contribution in [0.25, 0.3) is 22.3 Å². The van der Waals surface area contributed by atoms with Gasteiger partial charge >= 0.3 is 0 Å². The second-order valence-corrected chi connectivity index (χ2v) is 16.1. The molecule has 2 saturated heterocycles. The molecule has 5 heterocycles. The van der Waals surface area contributed by atoms with Crippen LogP contribution >= 0.6 is 0 Å². The molecule has 3 amide bonds. The lowest BCUT2D eigenvalue weighted by molar-refractivity contribution is -0.134. The number of benzene rings is 2. The van der Waals surface area contributed by atoms with Crippen LogP contribution in [0.5, 0.6) is 0 Å². The van der Waals surface area contributed by atoms with Gasteiger partial charge in [0.1, 0.15) is 5.52 Å². The van der Waals surface area contributed by atoms with Crippen LogP contribution < -0.4 is 15.5 Å². The van der Waals surface area contributed by atoms with Crippen LogP contribution in [-0.2, 0) is 15.0 Å². The Morgan fingerprint density at radius 2 is 1.66 bits per heavy atom. The van der Waals surface area contributed by atoms with E-state index in [4.69, 9.17) is 9.97 Å². The summed E-state index contributed by atoms with van der Waals surface area (Å²) in [6.45, 7) is 9.12. The first kappa shape index (κ1) is 34.0. The molecule has 2 saturated carbocycles. The normalized spacial score (nSPS) is 22.6. The number of carbonyl (C=O) groups excluding carboxylic acids is 3. The SMILES string of the molecule is CNC(=O)c1cc(Nc2nc(-c3ccc4c(c3)N([C@H]3C[C@@H](N5CCCCC5)C3)C(=O)C43CCN(C(C)=O)CC3)cc3ncn(C4CC4)c23)cc(C)c1C. The number of rotatable bonds is 7. The van der Waals surface area contributed by atoms with Gasteiger partial charge in [-0.2, -0.15) is 0 Å². The van der Waals surface area contributed by atoms with Crippen LogP contribution in [0.15, 0.2) is 42.7 Å². The van der Waals surface area contributed by atoms with E-state index in [2.05, 4.69) is 55.3 Å². The fraction of sp³-hybridized carbons (Fsp3) is 0.500. The number of carbonyl (C=O) groups is 3. The molecule has 5 aliphatic rings. The molecule has 2 N–H and O–H groups in total. The average molecular weight is 715 g/mol. The smallest absolute Gasteiger partial charge is 0.251 e. The van der Waals surface area contributed by atoms with Gasteiger partial charge in [0.15, 0.2) is 5.82 Å². The van der Waals surface area contributed by atoms with Crippen molar-refractivity contribution in [2.75, 3.05) is 43.4 Å². The quantitative estimate of drug-likeness (QED) is 0.228. The average Bonchev–Trinajstić information content (AvgIpc) is 3.87. The lowest BCUT2D eigenvalue weighted by atomic mass is 9.73. The van der Waals surface area contributed by atoms with Gasteiger partial charge in [0.2, 0.25) is 11.8 Å². The number of hydrogen-bond donors (Lipinski definition) is 2. The molecule has 2 aliphatic carbocycles. The lowest BCUT2D eigenvalue weighted by Crippen LogP contribution is -2.58. The van der Waals surface area contributed by atoms with Crippen LogP contribution in [0.4, 0.5) is 17.2 Å². The minimum absolute atomic E-state index is 0.0711. The van der Waals surface area contributed by atoms with E-state index in [1.165, 1.54) is 19.3 Å². The van der Waals surface area contributed by atoms with Crippen molar-refractivity contribution >= 4 is 45.9 Å². The number of pyridine rings is 1. The first-order chi connectivity index (χ1) is 25.6. The number of fused-ring (bicyclic) bond motifs is 3. The number of amides is 3. The predicted octanol–water partition coefficient (Wildman–Crippen LogP) is 6.40. The number of hydrogen-bond acceptors (Lipinski definition) is 7. The Labute approximate surface area is 311 Å². The lowest BCUT2D eigenvalue weighted by Gasteiger charge is -2.48. The number of aromatic nitrogens is 3. The molecule has 11 heteroatoms. The summed E-state index contributed by atoms with van der Waals surface area (Å²) in [4.78, 5) is 56.7. The monoisotopic (exact) mass is 714 g/mol. The highest BCUT2D eigenvalue weighted by atomic mass is 16.2. The summed E-state index contributed by atoms with van der Waals surface area (Å²) in [6.07, 6.45) is 11.2. The van der Waals surface area contributed by atoms with Crippen molar-refractivity contribution in [2.45, 2.75) is 102 Å². The molecule has 0 radical (unpaired) electrons. The van der Waals surface area contributed by atoms with Gasteiger partial charge in [-0.1, -0.05) is 18.6 Å². The molecule has 11 nitrogen and oxygen atoms in total. The Bertz CT molecular complexity index is 2130. The summed E-state index contributed by atoms with van der Waals surface area (Å²) in [5, 5.41) is 6.38. The zero-order valence-corrected chi connectivity index (χ0v) is 31.4. The first-order valence-electron chi connectivity index (χ1n) is 19.6. The van der Waals surface area contributed by atoms with Crippen LogP contribution in [0, 0.1) is 13.8 Å². The zero-order chi connectivity index (χ0) is 36.6. The molecule has 3 aliphatic heterocycles. The largest absolute Gasteiger partial charge is 0.355 e. The summed E-state index contributed by atoms with van der Waals surface area (Å²) in [5.74, 6) is 0.838. The molecule has 0 unspecified atom stereocenters. The fourth-order valence-corrected chi connectivity index (χ4v) is 9.51. The molecule has 4 fully saturated rings. The first-order valence-corrected chi connectivity index (χ1v) is 19.6. The van der Waals surface area contributed by atoms with E-state index >= 15 is 0 Å². The summed E-state index contributed by atoms with van der Waals surface area (Å²) >= 11 is 0. The molecule has 0 atom stereocenters. The Balaban J connectivity index is 1.11. The second kappa shape index (κ2) is 13.0. The highest BCUT2D eigenvalue weighted by molar-refractivity contribution is 6.09. The third-order valence-corrected chi connectivity index (χ3v) is 13.0. The van der Waals surface area contributed by atoms with Crippen molar-refractivity contribution in [2.24, 2.45) is 0 Å². The van der Waals surface area contributed by atoms with Crippen LogP contribution in [-0.4, -0.2) is 87.4 Å². The fourth-order valence-electron chi connectivity index (χ4n) is 9.51. The van der Waals surface area contributed by atoms with E-state index in [0.29, 0.717) is 49.4 Å². The predicted molar refractivity (Wildman–Crippen MR) is 207 cm³/mol. The highest BCUT2D eigenvalue weighted by Gasteiger charge is 2.55.